The van der Waals surface area contributed by atoms with Crippen LogP contribution in [0.5, 0.6) is 5.75 Å². The lowest BCUT2D eigenvalue weighted by Gasteiger charge is -2.29. The minimum Gasteiger partial charge on any atom is -0.494 e. The number of fused-ring (bicyclic) bond motifs is 1. The number of halogens is 1. The molecule has 0 saturated carbocycles. The Hall–Kier alpha value is -2.87. The summed E-state index contributed by atoms with van der Waals surface area (Å²) < 4.78 is 49.1. The minimum absolute atomic E-state index is 0.0717. The summed E-state index contributed by atoms with van der Waals surface area (Å²) in [6.07, 6.45) is 2.67. The fraction of sp³-hybridized carbons (Fsp3) is 0.435. The molecule has 1 aliphatic heterocycles. The lowest BCUT2D eigenvalue weighted by molar-refractivity contribution is 0.0695. The van der Waals surface area contributed by atoms with E-state index in [1.54, 1.807) is 5.38 Å². The number of rotatable bonds is 9. The number of carbonyl (C=O) groups excluding carboxylic acids is 1. The minimum atomic E-state index is -3.17. The molecule has 0 spiro atoms. The van der Waals surface area contributed by atoms with Gasteiger partial charge in [-0.1, -0.05) is 6.07 Å². The van der Waals surface area contributed by atoms with Crippen LogP contribution >= 0.6 is 11.3 Å². The van der Waals surface area contributed by atoms with Crippen molar-refractivity contribution in [3.63, 3.8) is 0 Å². The van der Waals surface area contributed by atoms with E-state index in [9.17, 15) is 22.4 Å². The maximum atomic E-state index is 13.6. The summed E-state index contributed by atoms with van der Waals surface area (Å²) in [7, 11) is -1.81. The third-order valence-electron chi connectivity index (χ3n) is 6.06. The van der Waals surface area contributed by atoms with E-state index in [0.717, 1.165) is 12.8 Å². The van der Waals surface area contributed by atoms with Gasteiger partial charge in [-0.2, -0.15) is 0 Å². The van der Waals surface area contributed by atoms with Crippen molar-refractivity contribution in [1.29, 1.82) is 0 Å². The number of hydrogen-bond donors (Lipinski definition) is 2. The molecule has 1 saturated heterocycles. The molecule has 3 aromatic rings. The number of sulfonamides is 1. The quantitative estimate of drug-likeness (QED) is 0.427. The van der Waals surface area contributed by atoms with Crippen LogP contribution in [0.4, 0.5) is 4.39 Å². The molecule has 0 atom stereocenters. The molecular weight excluding hydrogens is 511 g/mol. The third kappa shape index (κ3) is 6.09. The number of amides is 1. The second-order valence-corrected chi connectivity index (χ2v) is 11.5. The van der Waals surface area contributed by atoms with Crippen LogP contribution in [0.2, 0.25) is 0 Å². The van der Waals surface area contributed by atoms with E-state index in [1.807, 2.05) is 0 Å². The number of benzene rings is 1. The van der Waals surface area contributed by atoms with E-state index < -0.39 is 27.3 Å². The zero-order valence-corrected chi connectivity index (χ0v) is 21.5. The maximum Gasteiger partial charge on any atom is 0.287 e. The van der Waals surface area contributed by atoms with Crippen LogP contribution in [0.25, 0.3) is 10.2 Å². The van der Waals surface area contributed by atoms with Crippen molar-refractivity contribution in [2.24, 2.45) is 5.92 Å². The van der Waals surface area contributed by atoms with E-state index in [4.69, 9.17) is 9.47 Å². The summed E-state index contributed by atoms with van der Waals surface area (Å²) in [6, 6.07) is 4.26. The van der Waals surface area contributed by atoms with Crippen molar-refractivity contribution in [3.05, 3.63) is 56.7 Å². The van der Waals surface area contributed by atoms with Crippen LogP contribution in [0, 0.1) is 11.7 Å². The van der Waals surface area contributed by atoms with Gasteiger partial charge in [-0.3, -0.25) is 9.59 Å². The third-order valence-corrected chi connectivity index (χ3v) is 8.28. The average Bonchev–Trinajstić information content (AvgIpc) is 3.26. The smallest absolute Gasteiger partial charge is 0.287 e. The predicted molar refractivity (Wildman–Crippen MR) is 133 cm³/mol. The number of nitrogens with zero attached hydrogens (tertiary/aromatic N) is 2. The van der Waals surface area contributed by atoms with Crippen LogP contribution in [-0.2, 0) is 27.9 Å². The normalized spacial score (nSPS) is 15.3. The van der Waals surface area contributed by atoms with Gasteiger partial charge < -0.3 is 19.8 Å². The first-order valence-corrected chi connectivity index (χ1v) is 14.0. The zero-order chi connectivity index (χ0) is 25.9. The monoisotopic (exact) mass is 538 g/mol. The summed E-state index contributed by atoms with van der Waals surface area (Å²) in [5.74, 6) is -0.862. The number of aromatic amines is 1. The van der Waals surface area contributed by atoms with E-state index in [1.165, 1.54) is 47.2 Å². The molecule has 36 heavy (non-hydrogen) atoms. The predicted octanol–water partition coefficient (Wildman–Crippen LogP) is 2.25. The Morgan fingerprint density at radius 1 is 1.33 bits per heavy atom. The van der Waals surface area contributed by atoms with Crippen molar-refractivity contribution in [1.82, 2.24) is 19.6 Å². The Labute approximate surface area is 211 Å². The highest BCUT2D eigenvalue weighted by Crippen LogP contribution is 2.24. The van der Waals surface area contributed by atoms with Gasteiger partial charge in [-0.15, -0.1) is 11.3 Å². The Morgan fingerprint density at radius 3 is 2.78 bits per heavy atom. The van der Waals surface area contributed by atoms with Crippen molar-refractivity contribution in [2.45, 2.75) is 26.0 Å². The first-order chi connectivity index (χ1) is 17.2. The summed E-state index contributed by atoms with van der Waals surface area (Å²) in [4.78, 5) is 32.5. The fourth-order valence-electron chi connectivity index (χ4n) is 4.04. The van der Waals surface area contributed by atoms with Gasteiger partial charge in [0.1, 0.15) is 4.83 Å². The molecule has 194 valence electrons. The number of piperidine rings is 1. The van der Waals surface area contributed by atoms with Gasteiger partial charge in [-0.25, -0.2) is 22.1 Å². The summed E-state index contributed by atoms with van der Waals surface area (Å²) in [5.41, 5.74) is 0.875. The Bertz CT molecular complexity index is 1410. The average molecular weight is 539 g/mol. The number of H-pyrrole nitrogens is 1. The number of aromatic nitrogens is 2. The molecule has 1 fully saturated rings. The molecule has 4 rings (SSSR count). The Kier molecular flexibility index (Phi) is 8.03. The Morgan fingerprint density at radius 2 is 2.08 bits per heavy atom. The molecule has 0 aliphatic carbocycles. The molecule has 0 radical (unpaired) electrons. The molecule has 0 unspecified atom stereocenters. The lowest BCUT2D eigenvalue weighted by atomic mass is 9.99. The second-order valence-electron chi connectivity index (χ2n) is 8.63. The van der Waals surface area contributed by atoms with Crippen molar-refractivity contribution in [3.8, 4) is 5.75 Å². The highest BCUT2D eigenvalue weighted by atomic mass is 32.2. The molecule has 2 N–H and O–H groups in total. The number of hydrogen-bond acceptors (Lipinski definition) is 8. The molecule has 1 aromatic carbocycles. The summed E-state index contributed by atoms with van der Waals surface area (Å²) in [6.45, 7) is 1.75. The molecule has 0 bridgehead atoms. The SMILES string of the molecule is COc1cc(CNC(=O)c2nc3scc(COCC4CCN(S(C)(=O)=O)CC4)c3c(=O)[nH]2)ccc1F. The maximum absolute atomic E-state index is 13.6. The van der Waals surface area contributed by atoms with Crippen LogP contribution in [-0.4, -0.2) is 61.7 Å². The van der Waals surface area contributed by atoms with Gasteiger partial charge in [0.25, 0.3) is 11.5 Å². The van der Waals surface area contributed by atoms with E-state index >= 15 is 0 Å². The molecule has 1 aliphatic rings. The van der Waals surface area contributed by atoms with Crippen molar-refractivity contribution in [2.75, 3.05) is 33.1 Å². The number of nitrogens with one attached hydrogen (secondary N) is 2. The highest BCUT2D eigenvalue weighted by Gasteiger charge is 2.25. The highest BCUT2D eigenvalue weighted by molar-refractivity contribution is 7.88. The van der Waals surface area contributed by atoms with Gasteiger partial charge in [0.05, 0.1) is 25.4 Å². The van der Waals surface area contributed by atoms with E-state index in [0.29, 0.717) is 41.0 Å². The Balaban J connectivity index is 1.35. The second kappa shape index (κ2) is 11.0. The summed E-state index contributed by atoms with van der Waals surface area (Å²) in [5, 5.41) is 4.82. The molecule has 3 heterocycles. The largest absolute Gasteiger partial charge is 0.494 e. The van der Waals surface area contributed by atoms with E-state index in [2.05, 4.69) is 15.3 Å². The van der Waals surface area contributed by atoms with Crippen LogP contribution in [0.3, 0.4) is 0 Å². The number of ether oxygens (including phenoxy) is 2. The van der Waals surface area contributed by atoms with Crippen molar-refractivity contribution >= 4 is 37.5 Å². The number of thiophene rings is 1. The van der Waals surface area contributed by atoms with E-state index in [-0.39, 0.29) is 30.6 Å². The van der Waals surface area contributed by atoms with Crippen LogP contribution in [0.15, 0.2) is 28.4 Å². The molecule has 1 amide bonds. The zero-order valence-electron chi connectivity index (χ0n) is 19.9. The standard InChI is InChI=1S/C23H27FN4O6S2/c1-33-18-9-15(3-4-17(18)24)10-25-22(30)20-26-21(29)19-16(13-35-23(19)27-20)12-34-11-14-5-7-28(8-6-14)36(2,31)32/h3-4,9,13-14H,5-8,10-12H2,1-2H3,(H,25,30)(H,26,27,29). The lowest BCUT2D eigenvalue weighted by Crippen LogP contribution is -2.38. The molecule has 13 heteroatoms. The molecular formula is C23H27FN4O6S2. The van der Waals surface area contributed by atoms with Crippen LogP contribution in [0.1, 0.15) is 34.6 Å². The van der Waals surface area contributed by atoms with Crippen molar-refractivity contribution < 1.29 is 27.1 Å². The van der Waals surface area contributed by atoms with Gasteiger partial charge in [0, 0.05) is 31.8 Å². The van der Waals surface area contributed by atoms with Gasteiger partial charge >= 0.3 is 0 Å². The topological polar surface area (TPSA) is 131 Å². The molecule has 2 aromatic heterocycles. The van der Waals surface area contributed by atoms with Crippen LogP contribution < -0.4 is 15.6 Å². The first kappa shape index (κ1) is 26.2. The summed E-state index contributed by atoms with van der Waals surface area (Å²) >= 11 is 1.25. The molecule has 10 nitrogen and oxygen atoms in total. The van der Waals surface area contributed by atoms with Gasteiger partial charge in [0.15, 0.2) is 11.6 Å². The number of carbonyl (C=O) groups is 1. The van der Waals surface area contributed by atoms with Gasteiger partial charge in [-0.05, 0) is 41.8 Å². The number of methoxy groups -OCH3 is 1. The fourth-order valence-corrected chi connectivity index (χ4v) is 5.84. The first-order valence-electron chi connectivity index (χ1n) is 11.3. The van der Waals surface area contributed by atoms with Gasteiger partial charge in [0.2, 0.25) is 15.8 Å².